The van der Waals surface area contributed by atoms with Gasteiger partial charge >= 0.3 is 17.8 Å². The summed E-state index contributed by atoms with van der Waals surface area (Å²) < 4.78 is 11.0. The molecule has 1 aromatic rings. The van der Waals surface area contributed by atoms with Gasteiger partial charge in [-0.15, -0.1) is 11.3 Å². The minimum Gasteiger partial charge on any atom is -0.462 e. The molecule has 0 aliphatic carbocycles. The first-order chi connectivity index (χ1) is 12.6. The van der Waals surface area contributed by atoms with E-state index in [4.69, 9.17) is 9.47 Å². The van der Waals surface area contributed by atoms with Gasteiger partial charge in [0.25, 0.3) is 0 Å². The van der Waals surface area contributed by atoms with Crippen molar-refractivity contribution < 1.29 is 23.9 Å². The number of nitrogens with zero attached hydrogens (tertiary/aromatic N) is 1. The van der Waals surface area contributed by atoms with Gasteiger partial charge in [0.05, 0.1) is 24.4 Å². The predicted molar refractivity (Wildman–Crippen MR) is 103 cm³/mol. The highest BCUT2D eigenvalue weighted by Crippen LogP contribution is 2.40. The fraction of sp³-hybridized carbons (Fsp3) is 0.611. The minimum atomic E-state index is -0.807. The minimum absolute atomic E-state index is 0.224. The van der Waals surface area contributed by atoms with Gasteiger partial charge in [0.1, 0.15) is 5.00 Å². The van der Waals surface area contributed by atoms with Gasteiger partial charge in [-0.05, 0) is 40.4 Å². The van der Waals surface area contributed by atoms with Crippen LogP contribution in [0.15, 0.2) is 0 Å². The smallest absolute Gasteiger partial charge is 0.341 e. The van der Waals surface area contributed by atoms with E-state index in [1.807, 2.05) is 32.8 Å². The highest BCUT2D eigenvalue weighted by Gasteiger charge is 2.34. The third-order valence-corrected chi connectivity index (χ3v) is 5.17. The summed E-state index contributed by atoms with van der Waals surface area (Å²) >= 11 is 1.25. The van der Waals surface area contributed by atoms with Gasteiger partial charge in [-0.3, -0.25) is 9.59 Å². The third-order valence-electron chi connectivity index (χ3n) is 4.04. The van der Waals surface area contributed by atoms with Crippen LogP contribution in [-0.2, 0) is 32.1 Å². The lowest BCUT2D eigenvalue weighted by Gasteiger charge is -2.30. The summed E-state index contributed by atoms with van der Waals surface area (Å²) in [5, 5.41) is 5.45. The SMILES string of the molecule is CCOC(=O)c1c(NC(=O)C(=O)NCCN(C)C)sc2c1CC(C)(C)OC2. The van der Waals surface area contributed by atoms with Gasteiger partial charge < -0.3 is 25.0 Å². The lowest BCUT2D eigenvalue weighted by molar-refractivity contribution is -0.136. The second-order valence-electron chi connectivity index (χ2n) is 7.17. The fourth-order valence-electron chi connectivity index (χ4n) is 2.69. The van der Waals surface area contributed by atoms with Gasteiger partial charge in [0.2, 0.25) is 0 Å². The number of fused-ring (bicyclic) bond motifs is 1. The molecule has 0 spiro atoms. The Morgan fingerprint density at radius 3 is 2.59 bits per heavy atom. The Kier molecular flexibility index (Phi) is 6.96. The molecule has 2 amide bonds. The van der Waals surface area contributed by atoms with Crippen LogP contribution in [0.5, 0.6) is 0 Å². The van der Waals surface area contributed by atoms with Crippen molar-refractivity contribution in [3.8, 4) is 0 Å². The molecular weight excluding hydrogens is 370 g/mol. The maximum absolute atomic E-state index is 12.5. The van der Waals surface area contributed by atoms with Crippen LogP contribution in [0.2, 0.25) is 0 Å². The number of ether oxygens (including phenoxy) is 2. The molecule has 1 aliphatic rings. The number of thiophene rings is 1. The molecule has 27 heavy (non-hydrogen) atoms. The first-order valence-corrected chi connectivity index (χ1v) is 9.65. The van der Waals surface area contributed by atoms with Crippen molar-refractivity contribution in [2.24, 2.45) is 0 Å². The molecule has 1 aromatic heterocycles. The molecular formula is C18H27N3O5S. The molecule has 1 aliphatic heterocycles. The molecule has 0 fully saturated rings. The molecule has 0 saturated heterocycles. The van der Waals surface area contributed by atoms with E-state index in [0.29, 0.717) is 36.7 Å². The van der Waals surface area contributed by atoms with Gasteiger partial charge in [-0.1, -0.05) is 0 Å². The Labute approximate surface area is 163 Å². The lowest BCUT2D eigenvalue weighted by Crippen LogP contribution is -2.38. The molecule has 0 saturated carbocycles. The van der Waals surface area contributed by atoms with Crippen molar-refractivity contribution in [1.82, 2.24) is 10.2 Å². The monoisotopic (exact) mass is 397 g/mol. The van der Waals surface area contributed by atoms with Crippen LogP contribution >= 0.6 is 11.3 Å². The van der Waals surface area contributed by atoms with Crippen molar-refractivity contribution in [2.75, 3.05) is 39.1 Å². The molecule has 2 N–H and O–H groups in total. The Morgan fingerprint density at radius 2 is 1.96 bits per heavy atom. The van der Waals surface area contributed by atoms with Crippen molar-refractivity contribution in [2.45, 2.75) is 39.4 Å². The zero-order valence-electron chi connectivity index (χ0n) is 16.4. The number of anilines is 1. The van der Waals surface area contributed by atoms with Crippen LogP contribution in [0.4, 0.5) is 5.00 Å². The average molecular weight is 397 g/mol. The summed E-state index contributed by atoms with van der Waals surface area (Å²) in [6, 6.07) is 0. The largest absolute Gasteiger partial charge is 0.462 e. The number of carbonyl (C=O) groups excluding carboxylic acids is 3. The van der Waals surface area contributed by atoms with Gasteiger partial charge in [0.15, 0.2) is 0 Å². The third kappa shape index (κ3) is 5.50. The highest BCUT2D eigenvalue weighted by atomic mass is 32.1. The molecule has 2 heterocycles. The second-order valence-corrected chi connectivity index (χ2v) is 8.27. The average Bonchev–Trinajstić information content (AvgIpc) is 2.90. The molecule has 9 heteroatoms. The van der Waals surface area contributed by atoms with E-state index < -0.39 is 23.4 Å². The van der Waals surface area contributed by atoms with Crippen molar-refractivity contribution in [3.05, 3.63) is 16.0 Å². The standard InChI is InChI=1S/C18H27N3O5S/c1-6-25-17(24)13-11-9-18(2,3)26-10-12(11)27-16(13)20-15(23)14(22)19-7-8-21(4)5/h6-10H2,1-5H3,(H,19,22)(H,20,23). The Hall–Kier alpha value is -1.97. The van der Waals surface area contributed by atoms with E-state index >= 15 is 0 Å². The summed E-state index contributed by atoms with van der Waals surface area (Å²) in [4.78, 5) is 39.5. The molecule has 0 aromatic carbocycles. The van der Waals surface area contributed by atoms with Crippen LogP contribution in [0.25, 0.3) is 0 Å². The molecule has 0 atom stereocenters. The van der Waals surface area contributed by atoms with Gasteiger partial charge in [-0.25, -0.2) is 4.79 Å². The first-order valence-electron chi connectivity index (χ1n) is 8.84. The summed E-state index contributed by atoms with van der Waals surface area (Å²) in [7, 11) is 3.75. The summed E-state index contributed by atoms with van der Waals surface area (Å²) in [6.07, 6.45) is 0.526. The quantitative estimate of drug-likeness (QED) is 0.556. The Balaban J connectivity index is 2.21. The Bertz CT molecular complexity index is 727. The zero-order valence-corrected chi connectivity index (χ0v) is 17.2. The number of likely N-dealkylation sites (N-methyl/N-ethyl adjacent to an activating group) is 1. The number of hydrogen-bond acceptors (Lipinski definition) is 7. The summed E-state index contributed by atoms with van der Waals surface area (Å²) in [5.74, 6) is -2.05. The van der Waals surface area contributed by atoms with E-state index in [0.717, 1.165) is 10.4 Å². The van der Waals surface area contributed by atoms with Gasteiger partial charge in [0, 0.05) is 24.4 Å². The maximum atomic E-state index is 12.5. The number of rotatable bonds is 6. The molecule has 150 valence electrons. The number of hydrogen-bond donors (Lipinski definition) is 2. The number of amides is 2. The van der Waals surface area contributed by atoms with Crippen molar-refractivity contribution in [3.63, 3.8) is 0 Å². The second kappa shape index (κ2) is 8.81. The van der Waals surface area contributed by atoms with E-state index in [1.165, 1.54) is 11.3 Å². The van der Waals surface area contributed by atoms with Gasteiger partial charge in [-0.2, -0.15) is 0 Å². The molecule has 0 unspecified atom stereocenters. The fourth-order valence-corrected chi connectivity index (χ4v) is 3.81. The molecule has 0 radical (unpaired) electrons. The van der Waals surface area contributed by atoms with Crippen molar-refractivity contribution >= 4 is 34.1 Å². The zero-order chi connectivity index (χ0) is 20.2. The van der Waals surface area contributed by atoms with Crippen LogP contribution in [0.3, 0.4) is 0 Å². The summed E-state index contributed by atoms with van der Waals surface area (Å²) in [5.41, 5.74) is 0.723. The van der Waals surface area contributed by atoms with Crippen LogP contribution in [0, 0.1) is 0 Å². The van der Waals surface area contributed by atoms with E-state index in [2.05, 4.69) is 10.6 Å². The first kappa shape index (κ1) is 21.3. The lowest BCUT2D eigenvalue weighted by atomic mass is 9.93. The topological polar surface area (TPSA) is 97.0 Å². The number of carbonyl (C=O) groups is 3. The highest BCUT2D eigenvalue weighted by molar-refractivity contribution is 7.17. The van der Waals surface area contributed by atoms with Crippen molar-refractivity contribution in [1.29, 1.82) is 0 Å². The van der Waals surface area contributed by atoms with Crippen LogP contribution in [0.1, 0.15) is 41.6 Å². The summed E-state index contributed by atoms with van der Waals surface area (Å²) in [6.45, 7) is 7.16. The van der Waals surface area contributed by atoms with E-state index in [1.54, 1.807) is 6.92 Å². The van der Waals surface area contributed by atoms with E-state index in [9.17, 15) is 14.4 Å². The van der Waals surface area contributed by atoms with Crippen LogP contribution in [-0.4, -0.2) is 62.1 Å². The number of nitrogens with one attached hydrogen (secondary N) is 2. The maximum Gasteiger partial charge on any atom is 0.341 e. The number of esters is 1. The molecule has 8 nitrogen and oxygen atoms in total. The predicted octanol–water partition coefficient (Wildman–Crippen LogP) is 1.39. The van der Waals surface area contributed by atoms with Crippen LogP contribution < -0.4 is 10.6 Å². The normalized spacial score (nSPS) is 15.2. The Morgan fingerprint density at radius 1 is 1.26 bits per heavy atom. The molecule has 0 bridgehead atoms. The molecule has 2 rings (SSSR count). The van der Waals surface area contributed by atoms with E-state index in [-0.39, 0.29) is 6.61 Å².